The first-order valence-electron chi connectivity index (χ1n) is 13.6. The van der Waals surface area contributed by atoms with E-state index in [0.29, 0.717) is 24.2 Å². The maximum absolute atomic E-state index is 13.2. The van der Waals surface area contributed by atoms with Crippen LogP contribution in [0, 0.1) is 18.3 Å². The van der Waals surface area contributed by atoms with E-state index in [4.69, 9.17) is 15.9 Å². The predicted octanol–water partition coefficient (Wildman–Crippen LogP) is 6.40. The van der Waals surface area contributed by atoms with E-state index in [1.54, 1.807) is 13.2 Å². The normalized spacial score (nSPS) is 17.9. The van der Waals surface area contributed by atoms with Crippen molar-refractivity contribution in [2.24, 2.45) is 5.92 Å². The van der Waals surface area contributed by atoms with Crippen LogP contribution in [0.25, 0.3) is 0 Å². The smallest absolute Gasteiger partial charge is 0.253 e. The largest absolute Gasteiger partial charge is 0.486 e. The predicted molar refractivity (Wildman–Crippen MR) is 151 cm³/mol. The molecule has 1 aliphatic heterocycles. The van der Waals surface area contributed by atoms with Crippen LogP contribution in [0.4, 0.5) is 0 Å². The molecule has 5 nitrogen and oxygen atoms in total. The van der Waals surface area contributed by atoms with Crippen LogP contribution < -0.4 is 0 Å². The Morgan fingerprint density at radius 2 is 2.03 bits per heavy atom. The second-order valence-corrected chi connectivity index (χ2v) is 9.80. The molecule has 1 N–H and O–H groups in total. The van der Waals surface area contributed by atoms with Crippen molar-refractivity contribution in [2.45, 2.75) is 77.9 Å². The Labute approximate surface area is 224 Å². The summed E-state index contributed by atoms with van der Waals surface area (Å²) in [5.74, 6) is 3.01. The third kappa shape index (κ3) is 8.35. The van der Waals surface area contributed by atoms with Crippen LogP contribution in [-0.4, -0.2) is 48.8 Å². The number of ether oxygens (including phenoxy) is 2. The summed E-state index contributed by atoms with van der Waals surface area (Å²) in [6.07, 6.45) is 17.6. The number of carbonyl (C=O) groups excluding carboxylic acids is 1. The van der Waals surface area contributed by atoms with Gasteiger partial charge >= 0.3 is 0 Å². The molecule has 1 fully saturated rings. The Bertz CT molecular complexity index is 996. The summed E-state index contributed by atoms with van der Waals surface area (Å²) < 4.78 is 11.8. The van der Waals surface area contributed by atoms with Crippen molar-refractivity contribution in [1.82, 2.24) is 4.90 Å². The Hall–Kier alpha value is -2.81. The second-order valence-electron chi connectivity index (χ2n) is 9.80. The molecule has 1 saturated heterocycles. The first-order valence-corrected chi connectivity index (χ1v) is 13.6. The molecule has 1 heterocycles. The van der Waals surface area contributed by atoms with Gasteiger partial charge in [0, 0.05) is 38.3 Å². The first-order chi connectivity index (χ1) is 17.8. The number of unbranched alkanes of at least 4 members (excludes halogenated alkanes) is 1. The molecular formula is C32H45NO4. The fraction of sp³-hybridized carbons (Fsp3) is 0.531. The van der Waals surface area contributed by atoms with Crippen LogP contribution in [0.1, 0.15) is 82.1 Å². The van der Waals surface area contributed by atoms with E-state index < -0.39 is 11.7 Å². The first kappa shape index (κ1) is 30.4. The number of methoxy groups -OCH3 is 1. The Morgan fingerprint density at radius 3 is 2.65 bits per heavy atom. The van der Waals surface area contributed by atoms with Gasteiger partial charge in [0.05, 0.1) is 5.60 Å². The van der Waals surface area contributed by atoms with Gasteiger partial charge in [-0.05, 0) is 93.9 Å². The molecule has 0 bridgehead atoms. The number of carbonyl (C=O) groups is 1. The molecule has 37 heavy (non-hydrogen) atoms. The van der Waals surface area contributed by atoms with E-state index in [9.17, 15) is 9.90 Å². The number of terminal acetylenes is 1. The van der Waals surface area contributed by atoms with E-state index in [-0.39, 0.29) is 11.8 Å². The van der Waals surface area contributed by atoms with Crippen LogP contribution in [-0.2, 0) is 15.1 Å². The number of likely N-dealkylation sites (tertiary alicyclic amines) is 1. The Kier molecular flexibility index (Phi) is 12.7. The molecule has 2 rings (SSSR count). The minimum atomic E-state index is -1.25. The SMILES string of the molecule is C#C/C=C\C(OC(=C/CC)/C(C)=C\C)C(C)[C@](O)(CCCCOC)c1cccc(C(=O)N2CCCC2)c1. The van der Waals surface area contributed by atoms with Crippen molar-refractivity contribution in [3.05, 3.63) is 71.0 Å². The number of amides is 1. The summed E-state index contributed by atoms with van der Waals surface area (Å²) in [7, 11) is 1.68. The fourth-order valence-corrected chi connectivity index (χ4v) is 4.81. The molecule has 2 unspecified atom stereocenters. The van der Waals surface area contributed by atoms with Crippen molar-refractivity contribution < 1.29 is 19.4 Å². The lowest BCUT2D eigenvalue weighted by Crippen LogP contribution is -2.41. The summed E-state index contributed by atoms with van der Waals surface area (Å²) in [6, 6.07) is 7.47. The van der Waals surface area contributed by atoms with Gasteiger partial charge in [-0.2, -0.15) is 0 Å². The van der Waals surface area contributed by atoms with Gasteiger partial charge in [0.1, 0.15) is 11.9 Å². The molecule has 1 aromatic carbocycles. The molecule has 0 aliphatic carbocycles. The van der Waals surface area contributed by atoms with E-state index >= 15 is 0 Å². The van der Waals surface area contributed by atoms with E-state index in [0.717, 1.165) is 56.5 Å². The number of hydrogen-bond acceptors (Lipinski definition) is 4. The van der Waals surface area contributed by atoms with Gasteiger partial charge in [-0.15, -0.1) is 6.42 Å². The van der Waals surface area contributed by atoms with E-state index in [1.807, 2.05) is 68.2 Å². The molecule has 1 amide bonds. The highest BCUT2D eigenvalue weighted by Crippen LogP contribution is 2.39. The summed E-state index contributed by atoms with van der Waals surface area (Å²) in [5.41, 5.74) is 1.10. The summed E-state index contributed by atoms with van der Waals surface area (Å²) in [5, 5.41) is 12.4. The van der Waals surface area contributed by atoms with Crippen LogP contribution in [0.2, 0.25) is 0 Å². The van der Waals surface area contributed by atoms with E-state index in [1.165, 1.54) is 0 Å². The van der Waals surface area contributed by atoms with Crippen LogP contribution >= 0.6 is 0 Å². The Balaban J connectivity index is 2.49. The molecule has 1 aliphatic rings. The summed E-state index contributed by atoms with van der Waals surface area (Å²) in [4.78, 5) is 15.0. The van der Waals surface area contributed by atoms with Gasteiger partial charge in [0.2, 0.25) is 0 Å². The maximum atomic E-state index is 13.2. The lowest BCUT2D eigenvalue weighted by molar-refractivity contribution is -0.0709. The summed E-state index contributed by atoms with van der Waals surface area (Å²) in [6.45, 7) is 10.2. The van der Waals surface area contributed by atoms with Crippen LogP contribution in [0.5, 0.6) is 0 Å². The van der Waals surface area contributed by atoms with Crippen LogP contribution in [0.15, 0.2) is 59.9 Å². The van der Waals surface area contributed by atoms with Crippen molar-refractivity contribution >= 4 is 5.91 Å². The zero-order valence-corrected chi connectivity index (χ0v) is 23.3. The molecule has 0 spiro atoms. The highest BCUT2D eigenvalue weighted by atomic mass is 16.5. The lowest BCUT2D eigenvalue weighted by atomic mass is 9.75. The molecule has 0 saturated carbocycles. The maximum Gasteiger partial charge on any atom is 0.253 e. The van der Waals surface area contributed by atoms with Gasteiger partial charge in [-0.1, -0.05) is 38.0 Å². The van der Waals surface area contributed by atoms with Gasteiger partial charge in [0.15, 0.2) is 0 Å². The second kappa shape index (κ2) is 15.4. The highest BCUT2D eigenvalue weighted by molar-refractivity contribution is 5.94. The standard InChI is InChI=1S/C32H45NO4/c1-7-10-19-30(37-29(16-8-2)25(4)9-3)26(5)32(35,20-11-14-23-36-6)28-18-15-17-27(24-28)31(34)33-21-12-13-22-33/h1,9-10,15-19,24,26,30,35H,8,11-14,20-23H2,2-6H3/b19-10-,25-9-,29-16+/t26?,30?,32-/m1/s1. The van der Waals surface area contributed by atoms with Crippen LogP contribution in [0.3, 0.4) is 0 Å². The third-order valence-electron chi connectivity index (χ3n) is 7.26. The number of rotatable bonds is 14. The average Bonchev–Trinajstić information content (AvgIpc) is 3.46. The molecule has 202 valence electrons. The van der Waals surface area contributed by atoms with Crippen molar-refractivity contribution in [1.29, 1.82) is 0 Å². The Morgan fingerprint density at radius 1 is 1.30 bits per heavy atom. The lowest BCUT2D eigenvalue weighted by Gasteiger charge is -2.39. The topological polar surface area (TPSA) is 59.0 Å². The zero-order valence-electron chi connectivity index (χ0n) is 23.3. The average molecular weight is 508 g/mol. The third-order valence-corrected chi connectivity index (χ3v) is 7.26. The quantitative estimate of drug-likeness (QED) is 0.137. The van der Waals surface area contributed by atoms with Crippen molar-refractivity contribution in [3.63, 3.8) is 0 Å². The molecule has 0 radical (unpaired) electrons. The molecule has 0 aromatic heterocycles. The number of allylic oxidation sites excluding steroid dienone is 4. The zero-order chi connectivity index (χ0) is 27.3. The minimum Gasteiger partial charge on any atom is -0.486 e. The molecule has 1 aromatic rings. The van der Waals surface area contributed by atoms with Gasteiger partial charge in [-0.3, -0.25) is 4.79 Å². The highest BCUT2D eigenvalue weighted by Gasteiger charge is 2.40. The summed E-state index contributed by atoms with van der Waals surface area (Å²) >= 11 is 0. The van der Waals surface area contributed by atoms with Crippen molar-refractivity contribution in [2.75, 3.05) is 26.8 Å². The molecule has 5 heteroatoms. The number of nitrogens with zero attached hydrogens (tertiary/aromatic N) is 1. The number of benzene rings is 1. The molecular weight excluding hydrogens is 462 g/mol. The van der Waals surface area contributed by atoms with Gasteiger partial charge < -0.3 is 19.5 Å². The van der Waals surface area contributed by atoms with Gasteiger partial charge in [-0.25, -0.2) is 0 Å². The molecule has 3 atom stereocenters. The number of aliphatic hydroxyl groups is 1. The number of hydrogen-bond donors (Lipinski definition) is 1. The monoisotopic (exact) mass is 507 g/mol. The van der Waals surface area contributed by atoms with Crippen molar-refractivity contribution in [3.8, 4) is 12.3 Å². The van der Waals surface area contributed by atoms with Gasteiger partial charge in [0.25, 0.3) is 5.91 Å². The fourth-order valence-electron chi connectivity index (χ4n) is 4.81. The van der Waals surface area contributed by atoms with E-state index in [2.05, 4.69) is 12.8 Å². The minimum absolute atomic E-state index is 0.0191.